The van der Waals surface area contributed by atoms with E-state index < -0.39 is 0 Å². The highest BCUT2D eigenvalue weighted by Crippen LogP contribution is 2.16. The molecule has 96 valence electrons. The van der Waals surface area contributed by atoms with Crippen LogP contribution in [0.3, 0.4) is 0 Å². The van der Waals surface area contributed by atoms with E-state index in [0.717, 1.165) is 12.8 Å². The van der Waals surface area contributed by atoms with E-state index in [1.165, 1.54) is 0 Å². The monoisotopic (exact) mass is 240 g/mol. The summed E-state index contributed by atoms with van der Waals surface area (Å²) in [5.41, 5.74) is 0. The maximum Gasteiger partial charge on any atom is 0.410 e. The number of amides is 1. The summed E-state index contributed by atoms with van der Waals surface area (Å²) in [5, 5.41) is 8.65. The van der Waals surface area contributed by atoms with Crippen LogP contribution in [0.4, 0.5) is 4.79 Å². The zero-order valence-corrected chi connectivity index (χ0v) is 10.7. The molecule has 1 fully saturated rings. The first-order valence-corrected chi connectivity index (χ1v) is 6.03. The Morgan fingerprint density at radius 1 is 1.35 bits per heavy atom. The zero-order valence-electron chi connectivity index (χ0n) is 10.7. The van der Waals surface area contributed by atoms with Crippen LogP contribution in [-0.4, -0.2) is 42.4 Å². The Hall–Kier alpha value is -1.28. The van der Waals surface area contributed by atoms with Crippen molar-refractivity contribution in [3.63, 3.8) is 0 Å². The minimum atomic E-state index is -0.380. The van der Waals surface area contributed by atoms with Crippen molar-refractivity contribution in [3.05, 3.63) is 0 Å². The van der Waals surface area contributed by atoms with E-state index in [1.54, 1.807) is 11.8 Å². The minimum absolute atomic E-state index is 0.0766. The Labute approximate surface area is 102 Å². The molecule has 5 nitrogen and oxygen atoms in total. The largest absolute Gasteiger partial charge is 0.447 e. The molecule has 0 spiro atoms. The van der Waals surface area contributed by atoms with Gasteiger partial charge in [-0.15, -0.1) is 0 Å². The van der Waals surface area contributed by atoms with Crippen molar-refractivity contribution in [2.75, 3.05) is 13.1 Å². The molecule has 0 aromatic heterocycles. The van der Waals surface area contributed by atoms with E-state index in [-0.39, 0.29) is 24.4 Å². The molecule has 0 bridgehead atoms. The summed E-state index contributed by atoms with van der Waals surface area (Å²) in [6.07, 6.45) is 0.877. The second-order valence-electron chi connectivity index (χ2n) is 4.53. The molecule has 5 heteroatoms. The number of hydrogen-bond acceptors (Lipinski definition) is 4. The summed E-state index contributed by atoms with van der Waals surface area (Å²) in [6, 6.07) is 2.04. The standard InChI is InChI=1S/C12H20N2O3/c1-9(2)16-12(15)14-6-4-11(5-7-14)17-10(3)8-13/h9-11H,4-7H2,1-3H3/t10-/m1/s1. The topological polar surface area (TPSA) is 62.6 Å². The van der Waals surface area contributed by atoms with Crippen molar-refractivity contribution in [2.24, 2.45) is 0 Å². The van der Waals surface area contributed by atoms with Gasteiger partial charge in [0.25, 0.3) is 0 Å². The first kappa shape index (κ1) is 13.8. The maximum absolute atomic E-state index is 11.6. The highest BCUT2D eigenvalue weighted by molar-refractivity contribution is 5.67. The van der Waals surface area contributed by atoms with Gasteiger partial charge in [0, 0.05) is 13.1 Å². The molecule has 0 N–H and O–H groups in total. The van der Waals surface area contributed by atoms with E-state index in [9.17, 15) is 4.79 Å². The van der Waals surface area contributed by atoms with Gasteiger partial charge in [-0.2, -0.15) is 5.26 Å². The second kappa shape index (κ2) is 6.45. The third kappa shape index (κ3) is 4.61. The molecule has 1 aliphatic heterocycles. The average molecular weight is 240 g/mol. The molecule has 0 aromatic rings. The lowest BCUT2D eigenvalue weighted by Gasteiger charge is -2.32. The second-order valence-corrected chi connectivity index (χ2v) is 4.53. The molecule has 1 saturated heterocycles. The number of hydrogen-bond donors (Lipinski definition) is 0. The zero-order chi connectivity index (χ0) is 12.8. The van der Waals surface area contributed by atoms with Gasteiger partial charge < -0.3 is 14.4 Å². The summed E-state index contributed by atoms with van der Waals surface area (Å²) < 4.78 is 10.6. The lowest BCUT2D eigenvalue weighted by Crippen LogP contribution is -2.42. The van der Waals surface area contributed by atoms with Crippen LogP contribution >= 0.6 is 0 Å². The van der Waals surface area contributed by atoms with Crippen LogP contribution in [-0.2, 0) is 9.47 Å². The molecule has 0 unspecified atom stereocenters. The molecule has 1 rings (SSSR count). The summed E-state index contributed by atoms with van der Waals surface area (Å²) in [7, 11) is 0. The predicted molar refractivity (Wildman–Crippen MR) is 62.4 cm³/mol. The first-order chi connectivity index (χ1) is 8.02. The van der Waals surface area contributed by atoms with Crippen LogP contribution in [0.2, 0.25) is 0 Å². The van der Waals surface area contributed by atoms with Gasteiger partial charge in [0.1, 0.15) is 6.10 Å². The Kier molecular flexibility index (Phi) is 5.23. The molecular weight excluding hydrogens is 220 g/mol. The number of carbonyl (C=O) groups is 1. The Bertz CT molecular complexity index is 291. The molecule has 0 radical (unpaired) electrons. The summed E-state index contributed by atoms with van der Waals surface area (Å²) in [5.74, 6) is 0. The number of nitrogens with zero attached hydrogens (tertiary/aromatic N) is 2. The van der Waals surface area contributed by atoms with Crippen molar-refractivity contribution in [1.29, 1.82) is 5.26 Å². The molecule has 0 aliphatic carbocycles. The smallest absolute Gasteiger partial charge is 0.410 e. The van der Waals surface area contributed by atoms with Crippen molar-refractivity contribution >= 4 is 6.09 Å². The van der Waals surface area contributed by atoms with Gasteiger partial charge in [-0.1, -0.05) is 0 Å². The normalized spacial score (nSPS) is 18.9. The third-order valence-corrected chi connectivity index (χ3v) is 2.62. The van der Waals surface area contributed by atoms with Crippen molar-refractivity contribution in [2.45, 2.75) is 51.9 Å². The Morgan fingerprint density at radius 2 is 1.94 bits per heavy atom. The molecule has 0 aromatic carbocycles. The summed E-state index contributed by atoms with van der Waals surface area (Å²) in [6.45, 7) is 6.67. The molecular formula is C12H20N2O3. The van der Waals surface area contributed by atoms with Crippen LogP contribution in [0.15, 0.2) is 0 Å². The quantitative estimate of drug-likeness (QED) is 0.756. The van der Waals surface area contributed by atoms with E-state index in [2.05, 4.69) is 0 Å². The summed E-state index contributed by atoms with van der Waals surface area (Å²) >= 11 is 0. The number of nitriles is 1. The van der Waals surface area contributed by atoms with Gasteiger partial charge in [-0.25, -0.2) is 4.79 Å². The molecule has 1 heterocycles. The fourth-order valence-corrected chi connectivity index (χ4v) is 1.77. The Morgan fingerprint density at radius 3 is 2.41 bits per heavy atom. The highest BCUT2D eigenvalue weighted by atomic mass is 16.6. The van der Waals surface area contributed by atoms with E-state index in [0.29, 0.717) is 13.1 Å². The molecule has 1 aliphatic rings. The van der Waals surface area contributed by atoms with E-state index in [1.807, 2.05) is 19.9 Å². The van der Waals surface area contributed by atoms with E-state index >= 15 is 0 Å². The van der Waals surface area contributed by atoms with Crippen LogP contribution < -0.4 is 0 Å². The summed E-state index contributed by atoms with van der Waals surface area (Å²) in [4.78, 5) is 13.3. The van der Waals surface area contributed by atoms with Gasteiger partial charge >= 0.3 is 6.09 Å². The van der Waals surface area contributed by atoms with Crippen molar-refractivity contribution in [3.8, 4) is 6.07 Å². The highest BCUT2D eigenvalue weighted by Gasteiger charge is 2.25. The molecule has 0 saturated carbocycles. The van der Waals surface area contributed by atoms with Crippen LogP contribution in [0.5, 0.6) is 0 Å². The number of piperidine rings is 1. The predicted octanol–water partition coefficient (Wildman–Crippen LogP) is 1.92. The molecule has 17 heavy (non-hydrogen) atoms. The lowest BCUT2D eigenvalue weighted by atomic mass is 10.1. The van der Waals surface area contributed by atoms with Gasteiger partial charge in [-0.05, 0) is 33.6 Å². The van der Waals surface area contributed by atoms with Crippen LogP contribution in [0.1, 0.15) is 33.6 Å². The number of carbonyl (C=O) groups excluding carboxylic acids is 1. The lowest BCUT2D eigenvalue weighted by molar-refractivity contribution is -0.0148. The number of ether oxygens (including phenoxy) is 2. The van der Waals surface area contributed by atoms with Gasteiger partial charge in [-0.3, -0.25) is 0 Å². The fraction of sp³-hybridized carbons (Fsp3) is 0.833. The SMILES string of the molecule is CC(C)OC(=O)N1CCC(O[C@H](C)C#N)CC1. The van der Waals surface area contributed by atoms with Crippen LogP contribution in [0.25, 0.3) is 0 Å². The fourth-order valence-electron chi connectivity index (χ4n) is 1.77. The first-order valence-electron chi connectivity index (χ1n) is 6.03. The van der Waals surface area contributed by atoms with Gasteiger partial charge in [0.05, 0.1) is 18.3 Å². The van der Waals surface area contributed by atoms with Gasteiger partial charge in [0.15, 0.2) is 0 Å². The molecule has 1 amide bonds. The van der Waals surface area contributed by atoms with Crippen molar-refractivity contribution in [1.82, 2.24) is 4.90 Å². The van der Waals surface area contributed by atoms with Crippen LogP contribution in [0, 0.1) is 11.3 Å². The maximum atomic E-state index is 11.6. The van der Waals surface area contributed by atoms with Crippen molar-refractivity contribution < 1.29 is 14.3 Å². The third-order valence-electron chi connectivity index (χ3n) is 2.62. The number of likely N-dealkylation sites (tertiary alicyclic amines) is 1. The minimum Gasteiger partial charge on any atom is -0.447 e. The number of rotatable bonds is 3. The molecule has 1 atom stereocenters. The average Bonchev–Trinajstić information content (AvgIpc) is 2.28. The van der Waals surface area contributed by atoms with Gasteiger partial charge in [0.2, 0.25) is 0 Å². The van der Waals surface area contributed by atoms with E-state index in [4.69, 9.17) is 14.7 Å². The Balaban J connectivity index is 2.31.